The second-order valence-electron chi connectivity index (χ2n) is 26.2. The van der Waals surface area contributed by atoms with E-state index in [9.17, 15) is 0 Å². The SMILES string of the molecule is CC(C)(C)c1ccc(N2c3cc(N4c5ccc(C(C)(C)C)cc5C5(C)CCCCCC45C)ccc3B3c4ccccc4N(c4ccc(C(C)(C)C)cc4-c4ccccc4)c4cc(C(C)(C)C)cc2c43)cc1. The quantitative estimate of drug-likeness (QED) is 0.163. The minimum absolute atomic E-state index is 0.0109. The van der Waals surface area contributed by atoms with Gasteiger partial charge in [0.15, 0.2) is 0 Å². The van der Waals surface area contributed by atoms with E-state index in [2.05, 4.69) is 257 Å². The van der Waals surface area contributed by atoms with E-state index in [-0.39, 0.29) is 39.3 Å². The highest BCUT2D eigenvalue weighted by Gasteiger charge is 2.57. The molecule has 11 rings (SSSR count). The Morgan fingerprint density at radius 2 is 0.958 bits per heavy atom. The Morgan fingerprint density at radius 3 is 1.62 bits per heavy atom. The van der Waals surface area contributed by atoms with Crippen LogP contribution < -0.4 is 31.1 Å². The average molecular weight is 934 g/mol. The second kappa shape index (κ2) is 16.3. The maximum absolute atomic E-state index is 2.80. The van der Waals surface area contributed by atoms with Gasteiger partial charge in [-0.05, 0) is 152 Å². The summed E-state index contributed by atoms with van der Waals surface area (Å²) in [7, 11) is 0. The molecule has 4 heteroatoms. The molecule has 1 aliphatic carbocycles. The van der Waals surface area contributed by atoms with E-state index >= 15 is 0 Å². The van der Waals surface area contributed by atoms with Crippen LogP contribution in [-0.2, 0) is 27.1 Å². The molecular weight excluding hydrogens is 858 g/mol. The van der Waals surface area contributed by atoms with Gasteiger partial charge in [-0.15, -0.1) is 0 Å². The lowest BCUT2D eigenvalue weighted by molar-refractivity contribution is 0.261. The van der Waals surface area contributed by atoms with Gasteiger partial charge in [0.05, 0.1) is 11.2 Å². The third-order valence-electron chi connectivity index (χ3n) is 17.5. The number of anilines is 8. The zero-order valence-electron chi connectivity index (χ0n) is 45.3. The second-order valence-corrected chi connectivity index (χ2v) is 26.2. The van der Waals surface area contributed by atoms with Crippen LogP contribution in [0.25, 0.3) is 11.1 Å². The van der Waals surface area contributed by atoms with E-state index in [0.717, 1.165) is 6.42 Å². The highest BCUT2D eigenvalue weighted by molar-refractivity contribution is 7.00. The summed E-state index contributed by atoms with van der Waals surface area (Å²) < 4.78 is 0. The van der Waals surface area contributed by atoms with Crippen molar-refractivity contribution in [2.24, 2.45) is 0 Å². The van der Waals surface area contributed by atoms with Crippen molar-refractivity contribution in [3.05, 3.63) is 173 Å². The maximum Gasteiger partial charge on any atom is 0.252 e. The van der Waals surface area contributed by atoms with E-state index in [1.807, 2.05) is 0 Å². The molecule has 1 fully saturated rings. The summed E-state index contributed by atoms with van der Waals surface area (Å²) in [5.74, 6) is 0. The molecule has 362 valence electrons. The van der Waals surface area contributed by atoms with Gasteiger partial charge in [0.2, 0.25) is 0 Å². The van der Waals surface area contributed by atoms with Crippen LogP contribution in [0, 0.1) is 0 Å². The number of hydrogen-bond acceptors (Lipinski definition) is 3. The number of rotatable bonds is 4. The van der Waals surface area contributed by atoms with Crippen molar-refractivity contribution in [2.45, 2.75) is 162 Å². The summed E-state index contributed by atoms with van der Waals surface area (Å²) in [6.45, 7) is 33.4. The predicted molar refractivity (Wildman–Crippen MR) is 308 cm³/mol. The lowest BCUT2D eigenvalue weighted by Crippen LogP contribution is -2.61. The van der Waals surface area contributed by atoms with E-state index < -0.39 is 0 Å². The van der Waals surface area contributed by atoms with Crippen molar-refractivity contribution in [1.82, 2.24) is 0 Å². The van der Waals surface area contributed by atoms with Gasteiger partial charge in [0.25, 0.3) is 6.71 Å². The number of hydrogen-bond donors (Lipinski definition) is 0. The van der Waals surface area contributed by atoms with Gasteiger partial charge in [-0.25, -0.2) is 0 Å². The molecule has 0 N–H and O–H groups in total. The van der Waals surface area contributed by atoms with Gasteiger partial charge < -0.3 is 14.7 Å². The molecule has 0 spiro atoms. The minimum atomic E-state index is -0.129. The van der Waals surface area contributed by atoms with Gasteiger partial charge in [-0.2, -0.15) is 0 Å². The third kappa shape index (κ3) is 7.51. The van der Waals surface area contributed by atoms with E-state index in [0.29, 0.717) is 0 Å². The fourth-order valence-corrected chi connectivity index (χ4v) is 13.0. The zero-order chi connectivity index (χ0) is 50.2. The summed E-state index contributed by atoms with van der Waals surface area (Å²) in [6, 6.07) is 57.3. The van der Waals surface area contributed by atoms with Crippen LogP contribution in [0.2, 0.25) is 0 Å². The topological polar surface area (TPSA) is 9.72 Å². The van der Waals surface area contributed by atoms with Crippen LogP contribution in [0.5, 0.6) is 0 Å². The first-order valence-electron chi connectivity index (χ1n) is 26.8. The van der Waals surface area contributed by atoms with E-state index in [1.165, 1.54) is 127 Å². The van der Waals surface area contributed by atoms with E-state index in [4.69, 9.17) is 0 Å². The fraction of sp³-hybridized carbons (Fsp3) is 0.373. The van der Waals surface area contributed by atoms with Crippen LogP contribution in [0.4, 0.5) is 45.5 Å². The van der Waals surface area contributed by atoms with Crippen LogP contribution >= 0.6 is 0 Å². The van der Waals surface area contributed by atoms with Crippen molar-refractivity contribution < 1.29 is 0 Å². The van der Waals surface area contributed by atoms with Gasteiger partial charge in [-0.1, -0.05) is 194 Å². The summed E-state index contributed by atoms with van der Waals surface area (Å²) >= 11 is 0. The number of para-hydroxylation sites is 1. The van der Waals surface area contributed by atoms with Crippen LogP contribution in [0.15, 0.2) is 146 Å². The minimum Gasteiger partial charge on any atom is -0.334 e. The van der Waals surface area contributed by atoms with E-state index in [1.54, 1.807) is 0 Å². The molecule has 0 amide bonds. The molecule has 3 nitrogen and oxygen atoms in total. The Bertz CT molecular complexity index is 3210. The molecular formula is C67H76BN3. The van der Waals surface area contributed by atoms with Crippen LogP contribution in [0.1, 0.15) is 157 Å². The van der Waals surface area contributed by atoms with Gasteiger partial charge in [0.1, 0.15) is 0 Å². The lowest BCUT2D eigenvalue weighted by Gasteiger charge is -2.48. The Kier molecular flexibility index (Phi) is 10.8. The summed E-state index contributed by atoms with van der Waals surface area (Å²) in [6.07, 6.45) is 6.15. The molecule has 1 saturated carbocycles. The molecule has 0 radical (unpaired) electrons. The first-order chi connectivity index (χ1) is 33.5. The molecule has 3 aliphatic heterocycles. The Balaban J connectivity index is 1.20. The van der Waals surface area contributed by atoms with Gasteiger partial charge in [0, 0.05) is 50.8 Å². The molecule has 2 unspecified atom stereocenters. The predicted octanol–water partition coefficient (Wildman–Crippen LogP) is 16.8. The third-order valence-corrected chi connectivity index (χ3v) is 17.5. The zero-order valence-corrected chi connectivity index (χ0v) is 45.3. The summed E-state index contributed by atoms with van der Waals surface area (Å²) in [4.78, 5) is 8.07. The molecule has 0 saturated heterocycles. The Hall–Kier alpha value is -6.00. The maximum atomic E-state index is 2.80. The molecule has 4 aliphatic rings. The van der Waals surface area contributed by atoms with Gasteiger partial charge >= 0.3 is 0 Å². The van der Waals surface area contributed by atoms with Crippen molar-refractivity contribution in [1.29, 1.82) is 0 Å². The molecule has 3 heterocycles. The highest BCUT2D eigenvalue weighted by Crippen LogP contribution is 2.61. The normalized spacial score (nSPS) is 19.7. The molecule has 2 atom stereocenters. The molecule has 71 heavy (non-hydrogen) atoms. The summed E-state index contributed by atoms with van der Waals surface area (Å²) in [5.41, 5.74) is 23.4. The van der Waals surface area contributed by atoms with Gasteiger partial charge in [-0.3, -0.25) is 0 Å². The Morgan fingerprint density at radius 1 is 0.408 bits per heavy atom. The molecule has 0 aromatic heterocycles. The van der Waals surface area contributed by atoms with Crippen molar-refractivity contribution in [2.75, 3.05) is 14.7 Å². The van der Waals surface area contributed by atoms with Crippen LogP contribution in [0.3, 0.4) is 0 Å². The average Bonchev–Trinajstić information content (AvgIpc) is 3.38. The largest absolute Gasteiger partial charge is 0.334 e. The standard InChI is InChI=1S/C67H76BN3/c1-62(2,3)45-27-31-49(32-28-45)69-58-43-50(71-56-36-30-47(64(7,8)9)40-52(56)66(13)37-21-16-22-38-67(66,71)14)33-34-54(58)68-53-25-19-20-26-57(53)70(60-42-48(65(10,11)12)41-59(69)61(60)68)55-35-29-46(63(4,5)6)39-51(55)44-23-17-15-18-24-44/h15,17-20,23-36,39-43H,16,21-22,37-38H2,1-14H3. The molecule has 7 aromatic carbocycles. The number of fused-ring (bicyclic) bond motifs is 7. The number of benzene rings is 7. The first kappa shape index (κ1) is 47.3. The number of nitrogens with zero attached hydrogens (tertiary/aromatic N) is 3. The molecule has 0 bridgehead atoms. The lowest BCUT2D eigenvalue weighted by atomic mass is 9.33. The molecule has 7 aromatic rings. The fourth-order valence-electron chi connectivity index (χ4n) is 13.0. The van der Waals surface area contributed by atoms with Crippen molar-refractivity contribution >= 4 is 68.6 Å². The monoisotopic (exact) mass is 934 g/mol. The summed E-state index contributed by atoms with van der Waals surface area (Å²) in [5, 5.41) is 0. The smallest absolute Gasteiger partial charge is 0.252 e. The first-order valence-corrected chi connectivity index (χ1v) is 26.8. The Labute approximate surface area is 427 Å². The highest BCUT2D eigenvalue weighted by atomic mass is 15.3. The van der Waals surface area contributed by atoms with Crippen LogP contribution in [-0.4, -0.2) is 12.3 Å². The van der Waals surface area contributed by atoms with Crippen molar-refractivity contribution in [3.8, 4) is 11.1 Å². The van der Waals surface area contributed by atoms with Crippen molar-refractivity contribution in [3.63, 3.8) is 0 Å².